The van der Waals surface area contributed by atoms with Gasteiger partial charge in [-0.05, 0) is 29.8 Å². The molecule has 0 unspecified atom stereocenters. The molecule has 0 heterocycles. The van der Waals surface area contributed by atoms with Gasteiger partial charge in [0.2, 0.25) is 0 Å². The highest BCUT2D eigenvalue weighted by Crippen LogP contribution is 2.11. The van der Waals surface area contributed by atoms with E-state index in [-0.39, 0.29) is 0 Å². The van der Waals surface area contributed by atoms with Crippen LogP contribution in [0.1, 0.15) is 11.1 Å². The number of hydrogen-bond acceptors (Lipinski definition) is 2. The Morgan fingerprint density at radius 3 is 2.50 bits per heavy atom. The maximum atomic E-state index is 5.83. The van der Waals surface area contributed by atoms with Crippen LogP contribution in [0.3, 0.4) is 0 Å². The van der Waals surface area contributed by atoms with E-state index in [2.05, 4.69) is 11.4 Å². The van der Waals surface area contributed by atoms with Gasteiger partial charge >= 0.3 is 0 Å². The first-order valence-corrected chi connectivity index (χ1v) is 6.08. The van der Waals surface area contributed by atoms with E-state index in [1.54, 1.807) is 12.1 Å². The van der Waals surface area contributed by atoms with Crippen molar-refractivity contribution in [2.75, 3.05) is 0 Å². The van der Waals surface area contributed by atoms with Crippen LogP contribution >= 0.6 is 23.2 Å². The minimum absolute atomic E-state index is 0.380. The summed E-state index contributed by atoms with van der Waals surface area (Å²) in [6.07, 6.45) is 2.76. The fraction of sp³-hybridized carbons (Fsp3) is 0.0714. The van der Waals surface area contributed by atoms with E-state index in [0.717, 1.165) is 11.1 Å². The minimum atomic E-state index is 0.380. The molecule has 2 aromatic carbocycles. The molecule has 0 amide bonds. The number of rotatable bonds is 4. The molecule has 0 saturated heterocycles. The Morgan fingerprint density at radius 2 is 1.78 bits per heavy atom. The molecular weight excluding hydrogens is 269 g/mol. The predicted molar refractivity (Wildman–Crippen MR) is 74.2 cm³/mol. The second-order valence-corrected chi connectivity index (χ2v) is 4.49. The number of benzene rings is 2. The van der Waals surface area contributed by atoms with Gasteiger partial charge in [0.05, 0.1) is 0 Å². The summed E-state index contributed by atoms with van der Waals surface area (Å²) >= 11 is 11.6. The molecule has 2 aromatic rings. The summed E-state index contributed by atoms with van der Waals surface area (Å²) in [5.74, 6) is 0. The SMILES string of the molecule is Clc1ccc(CO/N=[C]\c2cccc(Cl)c2)cc1. The molecule has 1 radical (unpaired) electrons. The summed E-state index contributed by atoms with van der Waals surface area (Å²) < 4.78 is 0. The Balaban J connectivity index is 1.87. The van der Waals surface area contributed by atoms with Gasteiger partial charge in [0.15, 0.2) is 0 Å². The monoisotopic (exact) mass is 278 g/mol. The van der Waals surface area contributed by atoms with Gasteiger partial charge in [0, 0.05) is 15.6 Å². The zero-order valence-electron chi connectivity index (χ0n) is 9.44. The van der Waals surface area contributed by atoms with Crippen LogP contribution in [0, 0.1) is 0 Å². The lowest BCUT2D eigenvalue weighted by atomic mass is 10.2. The zero-order chi connectivity index (χ0) is 12.8. The van der Waals surface area contributed by atoms with Crippen molar-refractivity contribution < 1.29 is 4.84 Å². The van der Waals surface area contributed by atoms with Crippen LogP contribution in [0.15, 0.2) is 53.7 Å². The van der Waals surface area contributed by atoms with E-state index in [1.165, 1.54) is 0 Å². The Labute approximate surface area is 116 Å². The maximum absolute atomic E-state index is 5.83. The van der Waals surface area contributed by atoms with Gasteiger partial charge in [-0.25, -0.2) is 0 Å². The zero-order valence-corrected chi connectivity index (χ0v) is 10.9. The fourth-order valence-electron chi connectivity index (χ4n) is 1.33. The van der Waals surface area contributed by atoms with E-state index >= 15 is 0 Å². The second-order valence-electron chi connectivity index (χ2n) is 3.61. The van der Waals surface area contributed by atoms with Crippen LogP contribution in [-0.4, -0.2) is 6.21 Å². The smallest absolute Gasteiger partial charge is 0.142 e. The molecule has 91 valence electrons. The minimum Gasteiger partial charge on any atom is -0.390 e. The molecule has 4 heteroatoms. The first-order chi connectivity index (χ1) is 8.74. The third kappa shape index (κ3) is 4.06. The quantitative estimate of drug-likeness (QED) is 0.599. The molecule has 0 N–H and O–H groups in total. The lowest BCUT2D eigenvalue weighted by Gasteiger charge is -1.99. The summed E-state index contributed by atoms with van der Waals surface area (Å²) in [6.45, 7) is 0.380. The molecule has 2 nitrogen and oxygen atoms in total. The highest BCUT2D eigenvalue weighted by atomic mass is 35.5. The topological polar surface area (TPSA) is 21.6 Å². The van der Waals surface area contributed by atoms with Crippen molar-refractivity contribution in [3.05, 3.63) is 69.7 Å². The van der Waals surface area contributed by atoms with Crippen LogP contribution in [0.4, 0.5) is 0 Å². The predicted octanol–water partition coefficient (Wildman–Crippen LogP) is 4.42. The second kappa shape index (κ2) is 6.43. The molecule has 0 bridgehead atoms. The van der Waals surface area contributed by atoms with Gasteiger partial charge in [-0.2, -0.15) is 0 Å². The molecular formula is C14H10Cl2NO. The lowest BCUT2D eigenvalue weighted by molar-refractivity contribution is 0.132. The molecule has 0 atom stereocenters. The van der Waals surface area contributed by atoms with Gasteiger partial charge in [-0.3, -0.25) is 0 Å². The largest absolute Gasteiger partial charge is 0.390 e. The highest BCUT2D eigenvalue weighted by molar-refractivity contribution is 6.31. The molecule has 18 heavy (non-hydrogen) atoms. The van der Waals surface area contributed by atoms with Crippen LogP contribution in [0.25, 0.3) is 0 Å². The van der Waals surface area contributed by atoms with E-state index in [0.29, 0.717) is 16.7 Å². The summed E-state index contributed by atoms with van der Waals surface area (Å²) in [5.41, 5.74) is 1.77. The summed E-state index contributed by atoms with van der Waals surface area (Å²) in [5, 5.41) is 5.11. The van der Waals surface area contributed by atoms with E-state index in [9.17, 15) is 0 Å². The number of hydrogen-bond donors (Lipinski definition) is 0. The summed E-state index contributed by atoms with van der Waals surface area (Å²) in [7, 11) is 0. The number of nitrogens with zero attached hydrogens (tertiary/aromatic N) is 1. The van der Waals surface area contributed by atoms with Crippen molar-refractivity contribution in [2.24, 2.45) is 5.16 Å². The van der Waals surface area contributed by atoms with Crippen LogP contribution in [0.5, 0.6) is 0 Å². The molecule has 0 aliphatic rings. The Hall–Kier alpha value is -1.51. The summed E-state index contributed by atoms with van der Waals surface area (Å²) in [6, 6.07) is 14.6. The standard InChI is InChI=1S/C14H10Cl2NO/c15-13-6-4-11(5-7-13)10-18-17-9-12-2-1-3-14(16)8-12/h1-8H,10H2. The Kier molecular flexibility index (Phi) is 4.62. The molecule has 0 fully saturated rings. The molecule has 0 aliphatic heterocycles. The van der Waals surface area contributed by atoms with Crippen LogP contribution in [-0.2, 0) is 11.4 Å². The van der Waals surface area contributed by atoms with Gasteiger partial charge in [-0.15, -0.1) is 0 Å². The van der Waals surface area contributed by atoms with Crippen LogP contribution in [0.2, 0.25) is 10.0 Å². The highest BCUT2D eigenvalue weighted by Gasteiger charge is 1.93. The lowest BCUT2D eigenvalue weighted by Crippen LogP contribution is -1.88. The van der Waals surface area contributed by atoms with Gasteiger partial charge in [-0.1, -0.05) is 52.6 Å². The van der Waals surface area contributed by atoms with E-state index in [4.69, 9.17) is 28.0 Å². The van der Waals surface area contributed by atoms with Crippen molar-refractivity contribution in [3.8, 4) is 0 Å². The third-order valence-electron chi connectivity index (χ3n) is 2.21. The average molecular weight is 279 g/mol. The van der Waals surface area contributed by atoms with Crippen molar-refractivity contribution in [2.45, 2.75) is 6.61 Å². The van der Waals surface area contributed by atoms with Gasteiger partial charge in [0.1, 0.15) is 12.8 Å². The van der Waals surface area contributed by atoms with Crippen molar-refractivity contribution in [1.29, 1.82) is 0 Å². The Bertz CT molecular complexity index is 538. The summed E-state index contributed by atoms with van der Waals surface area (Å²) in [4.78, 5) is 5.13. The van der Waals surface area contributed by atoms with Gasteiger partial charge < -0.3 is 4.84 Å². The van der Waals surface area contributed by atoms with Crippen LogP contribution < -0.4 is 0 Å². The normalized spacial score (nSPS) is 10.8. The van der Waals surface area contributed by atoms with Crippen molar-refractivity contribution in [3.63, 3.8) is 0 Å². The number of halogens is 2. The van der Waals surface area contributed by atoms with Gasteiger partial charge in [0.25, 0.3) is 0 Å². The molecule has 0 saturated carbocycles. The molecule has 2 rings (SSSR count). The van der Waals surface area contributed by atoms with E-state index in [1.807, 2.05) is 36.4 Å². The molecule has 0 spiro atoms. The van der Waals surface area contributed by atoms with Crippen molar-refractivity contribution in [1.82, 2.24) is 0 Å². The first kappa shape index (κ1) is 12.9. The maximum Gasteiger partial charge on any atom is 0.142 e. The fourth-order valence-corrected chi connectivity index (χ4v) is 1.65. The Morgan fingerprint density at radius 1 is 1.00 bits per heavy atom. The van der Waals surface area contributed by atoms with E-state index < -0.39 is 0 Å². The molecule has 0 aromatic heterocycles. The van der Waals surface area contributed by atoms with Crippen molar-refractivity contribution >= 4 is 29.4 Å². The third-order valence-corrected chi connectivity index (χ3v) is 2.70. The average Bonchev–Trinajstić information content (AvgIpc) is 2.37. The molecule has 0 aliphatic carbocycles. The first-order valence-electron chi connectivity index (χ1n) is 5.32.